The lowest BCUT2D eigenvalue weighted by molar-refractivity contribution is 0.340. The first-order valence-corrected chi connectivity index (χ1v) is 7.53. The van der Waals surface area contributed by atoms with Crippen LogP contribution in [0, 0.1) is 0 Å². The molecular formula is C14H15BrO2S. The Bertz CT molecular complexity index is 493. The highest BCUT2D eigenvalue weighted by Crippen LogP contribution is 2.37. The molecule has 0 saturated heterocycles. The Morgan fingerprint density at radius 2 is 1.94 bits per heavy atom. The molecule has 1 aromatic carbocycles. The quantitative estimate of drug-likeness (QED) is 0.745. The van der Waals surface area contributed by atoms with Crippen LogP contribution in [0.25, 0.3) is 0 Å². The van der Waals surface area contributed by atoms with Crippen molar-refractivity contribution in [2.45, 2.75) is 11.8 Å². The summed E-state index contributed by atoms with van der Waals surface area (Å²) in [5.41, 5.74) is 1.21. The van der Waals surface area contributed by atoms with Gasteiger partial charge in [-0.15, -0.1) is 11.3 Å². The summed E-state index contributed by atoms with van der Waals surface area (Å²) in [7, 11) is 1.69. The van der Waals surface area contributed by atoms with Gasteiger partial charge in [0.2, 0.25) is 0 Å². The summed E-state index contributed by atoms with van der Waals surface area (Å²) in [6.07, 6.45) is 0. The Kier molecular flexibility index (Phi) is 4.66. The standard InChI is InChI=1S/C14H15BrO2S/c1-3-17-11-6-4-10(5-7-11)14(15)13-8-12(16-2)9-18-13/h4-9,14H,3H2,1-2H3. The van der Waals surface area contributed by atoms with Gasteiger partial charge in [0.25, 0.3) is 0 Å². The van der Waals surface area contributed by atoms with E-state index in [-0.39, 0.29) is 4.83 Å². The molecule has 0 saturated carbocycles. The number of methoxy groups -OCH3 is 1. The highest BCUT2D eigenvalue weighted by Gasteiger charge is 2.13. The predicted octanol–water partition coefficient (Wildman–Crippen LogP) is 4.64. The Morgan fingerprint density at radius 1 is 1.22 bits per heavy atom. The Morgan fingerprint density at radius 3 is 2.50 bits per heavy atom. The van der Waals surface area contributed by atoms with Crippen molar-refractivity contribution in [1.82, 2.24) is 0 Å². The zero-order chi connectivity index (χ0) is 13.0. The van der Waals surface area contributed by atoms with Gasteiger partial charge in [-0.2, -0.15) is 0 Å². The fourth-order valence-corrected chi connectivity index (χ4v) is 3.26. The molecular weight excluding hydrogens is 312 g/mol. The SMILES string of the molecule is CCOc1ccc(C(Br)c2cc(OC)cs2)cc1. The zero-order valence-electron chi connectivity index (χ0n) is 10.4. The minimum atomic E-state index is 0.196. The zero-order valence-corrected chi connectivity index (χ0v) is 12.8. The molecule has 0 aliphatic rings. The first-order valence-electron chi connectivity index (χ1n) is 5.74. The normalized spacial score (nSPS) is 12.2. The van der Waals surface area contributed by atoms with Gasteiger partial charge in [0.05, 0.1) is 18.5 Å². The van der Waals surface area contributed by atoms with E-state index in [0.29, 0.717) is 6.61 Å². The summed E-state index contributed by atoms with van der Waals surface area (Å²) < 4.78 is 10.6. The molecule has 2 nitrogen and oxygen atoms in total. The van der Waals surface area contributed by atoms with Gasteiger partial charge in [-0.25, -0.2) is 0 Å². The average Bonchev–Trinajstić information content (AvgIpc) is 2.88. The van der Waals surface area contributed by atoms with Crippen molar-refractivity contribution in [3.63, 3.8) is 0 Å². The summed E-state index contributed by atoms with van der Waals surface area (Å²) in [6, 6.07) is 10.2. The highest BCUT2D eigenvalue weighted by molar-refractivity contribution is 9.09. The van der Waals surface area contributed by atoms with Gasteiger partial charge in [-0.3, -0.25) is 0 Å². The van der Waals surface area contributed by atoms with Crippen molar-refractivity contribution in [2.24, 2.45) is 0 Å². The highest BCUT2D eigenvalue weighted by atomic mass is 79.9. The number of ether oxygens (including phenoxy) is 2. The summed E-state index contributed by atoms with van der Waals surface area (Å²) in [5, 5.41) is 2.01. The molecule has 0 bridgehead atoms. The predicted molar refractivity (Wildman–Crippen MR) is 79.3 cm³/mol. The van der Waals surface area contributed by atoms with E-state index in [9.17, 15) is 0 Å². The molecule has 18 heavy (non-hydrogen) atoms. The maximum atomic E-state index is 5.44. The maximum Gasteiger partial charge on any atom is 0.129 e. The fourth-order valence-electron chi connectivity index (χ4n) is 1.64. The molecule has 0 fully saturated rings. The van der Waals surface area contributed by atoms with E-state index in [0.717, 1.165) is 11.5 Å². The second kappa shape index (κ2) is 6.25. The summed E-state index contributed by atoms with van der Waals surface area (Å²) >= 11 is 5.40. The largest absolute Gasteiger partial charge is 0.496 e. The lowest BCUT2D eigenvalue weighted by Crippen LogP contribution is -1.93. The van der Waals surface area contributed by atoms with E-state index in [2.05, 4.69) is 34.1 Å². The van der Waals surface area contributed by atoms with Gasteiger partial charge in [0.1, 0.15) is 11.5 Å². The molecule has 1 unspecified atom stereocenters. The number of alkyl halides is 1. The average molecular weight is 327 g/mol. The molecule has 2 rings (SSSR count). The van der Waals surface area contributed by atoms with Crippen LogP contribution in [0.4, 0.5) is 0 Å². The molecule has 2 aromatic rings. The molecule has 0 radical (unpaired) electrons. The van der Waals surface area contributed by atoms with Gasteiger partial charge in [-0.1, -0.05) is 28.1 Å². The summed E-state index contributed by atoms with van der Waals surface area (Å²) in [4.78, 5) is 1.43. The molecule has 4 heteroatoms. The summed E-state index contributed by atoms with van der Waals surface area (Å²) in [6.45, 7) is 2.68. The molecule has 0 spiro atoms. The van der Waals surface area contributed by atoms with Crippen molar-refractivity contribution in [3.8, 4) is 11.5 Å². The first kappa shape index (κ1) is 13.4. The molecule has 96 valence electrons. The molecule has 0 aliphatic carbocycles. The van der Waals surface area contributed by atoms with Gasteiger partial charge >= 0.3 is 0 Å². The molecule has 0 amide bonds. The summed E-state index contributed by atoms with van der Waals surface area (Å²) in [5.74, 6) is 1.81. The third-order valence-corrected chi connectivity index (χ3v) is 4.87. The molecule has 1 atom stereocenters. The number of benzene rings is 1. The van der Waals surface area contributed by atoms with Crippen LogP contribution in [0.5, 0.6) is 11.5 Å². The second-order valence-corrected chi connectivity index (χ2v) is 5.61. The fraction of sp³-hybridized carbons (Fsp3) is 0.286. The Hall–Kier alpha value is -1.00. The Balaban J connectivity index is 2.14. The van der Waals surface area contributed by atoms with Crippen molar-refractivity contribution in [3.05, 3.63) is 46.2 Å². The third kappa shape index (κ3) is 3.06. The minimum absolute atomic E-state index is 0.196. The van der Waals surface area contributed by atoms with Gasteiger partial charge < -0.3 is 9.47 Å². The van der Waals surface area contributed by atoms with E-state index in [4.69, 9.17) is 9.47 Å². The molecule has 1 aromatic heterocycles. The number of hydrogen-bond donors (Lipinski definition) is 0. The smallest absolute Gasteiger partial charge is 0.129 e. The van der Waals surface area contributed by atoms with Crippen LogP contribution in [0.2, 0.25) is 0 Å². The monoisotopic (exact) mass is 326 g/mol. The van der Waals surface area contributed by atoms with Crippen LogP contribution < -0.4 is 9.47 Å². The van der Waals surface area contributed by atoms with Crippen LogP contribution in [-0.4, -0.2) is 13.7 Å². The lowest BCUT2D eigenvalue weighted by atomic mass is 10.1. The maximum absolute atomic E-state index is 5.44. The Labute approximate surface area is 120 Å². The lowest BCUT2D eigenvalue weighted by Gasteiger charge is -2.09. The van der Waals surface area contributed by atoms with Crippen LogP contribution in [-0.2, 0) is 0 Å². The van der Waals surface area contributed by atoms with Crippen LogP contribution in [0.3, 0.4) is 0 Å². The first-order chi connectivity index (χ1) is 8.74. The van der Waals surface area contributed by atoms with E-state index < -0.39 is 0 Å². The van der Waals surface area contributed by atoms with E-state index in [1.54, 1.807) is 18.4 Å². The number of thiophene rings is 1. The van der Waals surface area contributed by atoms with E-state index in [1.807, 2.05) is 24.4 Å². The number of halogens is 1. The van der Waals surface area contributed by atoms with E-state index in [1.165, 1.54) is 10.4 Å². The molecule has 0 aliphatic heterocycles. The van der Waals surface area contributed by atoms with Crippen LogP contribution in [0.15, 0.2) is 35.7 Å². The van der Waals surface area contributed by atoms with Gasteiger partial charge in [-0.05, 0) is 30.7 Å². The van der Waals surface area contributed by atoms with Gasteiger partial charge in [0, 0.05) is 10.3 Å². The topological polar surface area (TPSA) is 18.5 Å². The third-order valence-electron chi connectivity index (χ3n) is 2.56. The van der Waals surface area contributed by atoms with E-state index >= 15 is 0 Å². The van der Waals surface area contributed by atoms with Gasteiger partial charge in [0.15, 0.2) is 0 Å². The second-order valence-electron chi connectivity index (χ2n) is 3.75. The van der Waals surface area contributed by atoms with Crippen molar-refractivity contribution >= 4 is 27.3 Å². The van der Waals surface area contributed by atoms with Crippen molar-refractivity contribution in [2.75, 3.05) is 13.7 Å². The number of hydrogen-bond acceptors (Lipinski definition) is 3. The van der Waals surface area contributed by atoms with Crippen LogP contribution >= 0.6 is 27.3 Å². The van der Waals surface area contributed by atoms with Crippen molar-refractivity contribution in [1.29, 1.82) is 0 Å². The van der Waals surface area contributed by atoms with Crippen molar-refractivity contribution < 1.29 is 9.47 Å². The molecule has 0 N–H and O–H groups in total. The van der Waals surface area contributed by atoms with Crippen LogP contribution in [0.1, 0.15) is 22.2 Å². The number of rotatable bonds is 5. The minimum Gasteiger partial charge on any atom is -0.496 e. The molecule has 1 heterocycles.